The van der Waals surface area contributed by atoms with Gasteiger partial charge in [0.15, 0.2) is 0 Å². The molecule has 0 spiro atoms. The lowest BCUT2D eigenvalue weighted by Crippen LogP contribution is -2.44. The number of fused-ring (bicyclic) bond motifs is 3. The lowest BCUT2D eigenvalue weighted by atomic mass is 9.89. The molecule has 3 fully saturated rings. The first-order valence-electron chi connectivity index (χ1n) is 7.10. The van der Waals surface area contributed by atoms with E-state index in [0.29, 0.717) is 8.83 Å². The normalized spacial score (nSPS) is 34.4. The van der Waals surface area contributed by atoms with Crippen LogP contribution in [0.5, 0.6) is 0 Å². The zero-order valence-electron chi connectivity index (χ0n) is 11.4. The van der Waals surface area contributed by atoms with E-state index in [-0.39, 0.29) is 0 Å². The van der Waals surface area contributed by atoms with Gasteiger partial charge in [0, 0.05) is 23.7 Å². The summed E-state index contributed by atoms with van der Waals surface area (Å²) in [5.74, 6) is 6.97. The highest BCUT2D eigenvalue weighted by Gasteiger charge is 2.49. The number of rotatable bonds is 7. The third-order valence-electron chi connectivity index (χ3n) is 3.91. The Kier molecular flexibility index (Phi) is 5.72. The minimum Gasteiger partial charge on any atom is -0.133 e. The van der Waals surface area contributed by atoms with Gasteiger partial charge >= 0.3 is 0 Å². The first kappa shape index (κ1) is 15.0. The maximum absolute atomic E-state index is 5.32. The molecule has 2 bridgehead atoms. The van der Waals surface area contributed by atoms with Crippen LogP contribution >= 0.6 is 35.3 Å². The summed E-state index contributed by atoms with van der Waals surface area (Å²) in [5, 5.41) is 0. The van der Waals surface area contributed by atoms with Crippen LogP contribution in [0, 0.1) is 17.8 Å². The van der Waals surface area contributed by atoms with Gasteiger partial charge in [0.25, 0.3) is 0 Å². The summed E-state index contributed by atoms with van der Waals surface area (Å²) in [5.41, 5.74) is 0.663. The molecule has 0 aliphatic carbocycles. The van der Waals surface area contributed by atoms with Crippen molar-refractivity contribution >= 4 is 35.3 Å². The molecule has 0 aromatic heterocycles. The summed E-state index contributed by atoms with van der Waals surface area (Å²) < 4.78 is 0.489. The highest BCUT2D eigenvalue weighted by atomic mass is 32.3. The van der Waals surface area contributed by atoms with Gasteiger partial charge < -0.3 is 0 Å². The molecule has 3 aliphatic heterocycles. The molecule has 0 radical (unpaired) electrons. The van der Waals surface area contributed by atoms with E-state index in [1.807, 2.05) is 0 Å². The van der Waals surface area contributed by atoms with Gasteiger partial charge in [-0.1, -0.05) is 19.8 Å². The van der Waals surface area contributed by atoms with Gasteiger partial charge in [-0.3, -0.25) is 0 Å². The molecule has 3 heterocycles. The smallest absolute Gasteiger partial charge is 0.107 e. The van der Waals surface area contributed by atoms with E-state index in [0.717, 1.165) is 6.42 Å². The predicted molar refractivity (Wildman–Crippen MR) is 89.4 cm³/mol. The first-order valence-corrected chi connectivity index (χ1v) is 10.1. The number of thioether (sulfide) groups is 3. The van der Waals surface area contributed by atoms with E-state index in [2.05, 4.69) is 48.1 Å². The fourth-order valence-corrected chi connectivity index (χ4v) is 8.53. The highest BCUT2D eigenvalue weighted by Crippen LogP contribution is 2.64. The maximum Gasteiger partial charge on any atom is 0.107 e. The quantitative estimate of drug-likeness (QED) is 0.466. The average Bonchev–Trinajstić information content (AvgIpc) is 2.44. The van der Waals surface area contributed by atoms with Crippen LogP contribution < -0.4 is 0 Å². The van der Waals surface area contributed by atoms with Crippen molar-refractivity contribution in [2.75, 3.05) is 17.3 Å². The average molecular weight is 301 g/mol. The standard InChI is InChI=1S/C15H24S3/c1-3-5-7-8-10-15-16-11-14(12-17-15,13-18-15)9-6-4-2/h1H,4-13H2,2H3. The molecule has 102 valence electrons. The second-order valence-corrected chi connectivity index (χ2v) is 10.2. The van der Waals surface area contributed by atoms with Crippen molar-refractivity contribution in [2.24, 2.45) is 5.41 Å². The molecule has 3 saturated heterocycles. The van der Waals surface area contributed by atoms with Crippen LogP contribution in [0.25, 0.3) is 0 Å². The molecule has 3 aliphatic rings. The third-order valence-corrected chi connectivity index (χ3v) is 10.2. The highest BCUT2D eigenvalue weighted by molar-refractivity contribution is 8.34. The molecule has 0 aromatic carbocycles. The second kappa shape index (κ2) is 6.86. The molecular formula is C15H24S3. The summed E-state index contributed by atoms with van der Waals surface area (Å²) in [6, 6.07) is 0. The van der Waals surface area contributed by atoms with Crippen molar-refractivity contribution in [3.8, 4) is 12.3 Å². The number of terminal acetylenes is 1. The van der Waals surface area contributed by atoms with Crippen molar-refractivity contribution in [3.05, 3.63) is 0 Å². The van der Waals surface area contributed by atoms with E-state index in [9.17, 15) is 0 Å². The Morgan fingerprint density at radius 3 is 2.22 bits per heavy atom. The van der Waals surface area contributed by atoms with Gasteiger partial charge in [-0.25, -0.2) is 0 Å². The van der Waals surface area contributed by atoms with Crippen LogP contribution in [-0.4, -0.2) is 20.7 Å². The molecule has 0 nitrogen and oxygen atoms in total. The lowest BCUT2D eigenvalue weighted by molar-refractivity contribution is 0.381. The molecule has 0 N–H and O–H groups in total. The van der Waals surface area contributed by atoms with Crippen molar-refractivity contribution in [1.82, 2.24) is 0 Å². The van der Waals surface area contributed by atoms with Crippen LogP contribution in [0.2, 0.25) is 0 Å². The molecule has 3 rings (SSSR count). The van der Waals surface area contributed by atoms with Crippen LogP contribution in [-0.2, 0) is 0 Å². The molecule has 0 unspecified atom stereocenters. The number of hydrogen-bond donors (Lipinski definition) is 0. The minimum atomic E-state index is 0.489. The van der Waals surface area contributed by atoms with Gasteiger partial charge in [-0.15, -0.1) is 47.6 Å². The molecule has 0 aromatic rings. The minimum absolute atomic E-state index is 0.489. The Morgan fingerprint density at radius 1 is 1.00 bits per heavy atom. The lowest BCUT2D eigenvalue weighted by Gasteiger charge is -2.52. The molecular weight excluding hydrogens is 276 g/mol. The number of hydrogen-bond acceptors (Lipinski definition) is 3. The van der Waals surface area contributed by atoms with Crippen molar-refractivity contribution in [2.45, 2.75) is 55.3 Å². The Hall–Kier alpha value is 0.610. The summed E-state index contributed by atoms with van der Waals surface area (Å²) in [6.07, 6.45) is 14.3. The second-order valence-electron chi connectivity index (χ2n) is 5.56. The Balaban J connectivity index is 1.78. The van der Waals surface area contributed by atoms with Gasteiger partial charge in [0.05, 0.1) is 0 Å². The molecule has 3 heteroatoms. The third kappa shape index (κ3) is 3.58. The van der Waals surface area contributed by atoms with E-state index in [1.165, 1.54) is 55.8 Å². The fraction of sp³-hybridized carbons (Fsp3) is 0.867. The first-order chi connectivity index (χ1) is 8.74. The molecule has 0 amide bonds. The Morgan fingerprint density at radius 2 is 1.67 bits per heavy atom. The monoisotopic (exact) mass is 300 g/mol. The van der Waals surface area contributed by atoms with Gasteiger partial charge in [0.2, 0.25) is 0 Å². The fourth-order valence-electron chi connectivity index (χ4n) is 2.59. The topological polar surface area (TPSA) is 0 Å². The summed E-state index contributed by atoms with van der Waals surface area (Å²) >= 11 is 6.73. The molecule has 18 heavy (non-hydrogen) atoms. The van der Waals surface area contributed by atoms with Crippen LogP contribution in [0.3, 0.4) is 0 Å². The van der Waals surface area contributed by atoms with Gasteiger partial charge in [-0.05, 0) is 31.1 Å². The Labute approximate surface area is 125 Å². The van der Waals surface area contributed by atoms with Crippen molar-refractivity contribution in [3.63, 3.8) is 0 Å². The van der Waals surface area contributed by atoms with Crippen LogP contribution in [0.15, 0.2) is 0 Å². The van der Waals surface area contributed by atoms with E-state index in [1.54, 1.807) is 0 Å². The Bertz CT molecular complexity index is 281. The number of unbranched alkanes of at least 4 members (excludes halogenated alkanes) is 3. The molecule has 0 atom stereocenters. The SMILES string of the molecule is C#CCCCCC12SCC(CCCC)(CS1)CS2. The van der Waals surface area contributed by atoms with Crippen LogP contribution in [0.4, 0.5) is 0 Å². The predicted octanol–water partition coefficient (Wildman–Crippen LogP) is 5.24. The van der Waals surface area contributed by atoms with Crippen molar-refractivity contribution < 1.29 is 0 Å². The molecule has 0 saturated carbocycles. The summed E-state index contributed by atoms with van der Waals surface area (Å²) in [4.78, 5) is 0. The largest absolute Gasteiger partial charge is 0.133 e. The zero-order valence-corrected chi connectivity index (χ0v) is 13.8. The van der Waals surface area contributed by atoms with E-state index >= 15 is 0 Å². The summed E-state index contributed by atoms with van der Waals surface area (Å²) in [6.45, 7) is 2.31. The van der Waals surface area contributed by atoms with E-state index < -0.39 is 0 Å². The van der Waals surface area contributed by atoms with Gasteiger partial charge in [-0.2, -0.15) is 0 Å². The van der Waals surface area contributed by atoms with Crippen LogP contribution in [0.1, 0.15) is 51.9 Å². The van der Waals surface area contributed by atoms with Crippen molar-refractivity contribution in [1.29, 1.82) is 0 Å². The maximum atomic E-state index is 5.32. The van der Waals surface area contributed by atoms with E-state index in [4.69, 9.17) is 6.42 Å². The zero-order chi connectivity index (χ0) is 12.9. The van der Waals surface area contributed by atoms with Gasteiger partial charge in [0.1, 0.15) is 3.41 Å². The summed E-state index contributed by atoms with van der Waals surface area (Å²) in [7, 11) is 0.